The van der Waals surface area contributed by atoms with Crippen molar-refractivity contribution in [2.45, 2.75) is 12.5 Å². The van der Waals surface area contributed by atoms with Crippen molar-refractivity contribution in [3.63, 3.8) is 0 Å². The van der Waals surface area contributed by atoms with Crippen molar-refractivity contribution in [2.24, 2.45) is 0 Å². The van der Waals surface area contributed by atoms with Gasteiger partial charge in [-0.1, -0.05) is 12.1 Å². The number of rotatable bonds is 7. The predicted octanol–water partition coefficient (Wildman–Crippen LogP) is 0.0783. The van der Waals surface area contributed by atoms with Crippen molar-refractivity contribution in [1.82, 2.24) is 15.5 Å². The molecule has 0 saturated carbocycles. The third-order valence-electron chi connectivity index (χ3n) is 2.90. The van der Waals surface area contributed by atoms with Crippen LogP contribution in [0.5, 0.6) is 5.75 Å². The summed E-state index contributed by atoms with van der Waals surface area (Å²) in [6.07, 6.45) is -0.368. The Labute approximate surface area is 134 Å². The Hall–Kier alpha value is -2.61. The van der Waals surface area contributed by atoms with Gasteiger partial charge in [0.2, 0.25) is 5.91 Å². The maximum atomic E-state index is 11.5. The van der Waals surface area contributed by atoms with Gasteiger partial charge in [0.15, 0.2) is 0 Å². The van der Waals surface area contributed by atoms with Gasteiger partial charge >= 0.3 is 12.1 Å². The number of carboxylic acid groups (broad SMARTS) is 1. The Balaban J connectivity index is 2.69. The number of carbonyl (C=O) groups excluding carboxylic acids is 2. The summed E-state index contributed by atoms with van der Waals surface area (Å²) in [5.41, 5.74) is 0.701. The van der Waals surface area contributed by atoms with Gasteiger partial charge in [0.1, 0.15) is 11.8 Å². The highest BCUT2D eigenvalue weighted by Crippen LogP contribution is 2.14. The Morgan fingerprint density at radius 3 is 2.30 bits per heavy atom. The first kappa shape index (κ1) is 18.4. The Morgan fingerprint density at radius 1 is 1.22 bits per heavy atom. The summed E-state index contributed by atoms with van der Waals surface area (Å²) >= 11 is 0. The summed E-state index contributed by atoms with van der Waals surface area (Å²) in [7, 11) is 4.74. The zero-order chi connectivity index (χ0) is 17.4. The van der Waals surface area contributed by atoms with Gasteiger partial charge in [0.05, 0.1) is 6.54 Å². The number of likely N-dealkylation sites (N-methyl/N-ethyl adjacent to an activating group) is 1. The number of hydrogen-bond acceptors (Lipinski definition) is 5. The molecule has 0 aliphatic carbocycles. The van der Waals surface area contributed by atoms with Crippen molar-refractivity contribution in [3.05, 3.63) is 29.8 Å². The number of amides is 2. The molecule has 0 spiro atoms. The molecule has 0 radical (unpaired) electrons. The van der Waals surface area contributed by atoms with Gasteiger partial charge in [-0.05, 0) is 24.7 Å². The third kappa shape index (κ3) is 6.35. The van der Waals surface area contributed by atoms with E-state index in [-0.39, 0.29) is 13.0 Å². The molecular weight excluding hydrogens is 302 g/mol. The highest BCUT2D eigenvalue weighted by molar-refractivity contribution is 5.84. The molecule has 23 heavy (non-hydrogen) atoms. The van der Waals surface area contributed by atoms with Crippen molar-refractivity contribution >= 4 is 18.0 Å². The lowest BCUT2D eigenvalue weighted by Gasteiger charge is -2.15. The van der Waals surface area contributed by atoms with Crippen molar-refractivity contribution in [2.75, 3.05) is 27.7 Å². The number of hydrogen-bond donors (Lipinski definition) is 3. The van der Waals surface area contributed by atoms with E-state index in [4.69, 9.17) is 4.74 Å². The summed E-state index contributed by atoms with van der Waals surface area (Å²) < 4.78 is 5.07. The number of carbonyl (C=O) groups is 3. The second-order valence-corrected chi connectivity index (χ2v) is 5.10. The molecule has 0 unspecified atom stereocenters. The van der Waals surface area contributed by atoms with Crippen LogP contribution in [-0.2, 0) is 16.0 Å². The van der Waals surface area contributed by atoms with Gasteiger partial charge in [-0.25, -0.2) is 9.59 Å². The molecule has 126 valence electrons. The number of carboxylic acids is 1. The normalized spacial score (nSPS) is 11.4. The molecule has 1 atom stereocenters. The zero-order valence-electron chi connectivity index (χ0n) is 13.3. The minimum absolute atomic E-state index is 0.0448. The molecule has 8 nitrogen and oxygen atoms in total. The minimum Gasteiger partial charge on any atom is -0.480 e. The molecule has 1 rings (SSSR count). The first-order chi connectivity index (χ1) is 10.8. The van der Waals surface area contributed by atoms with E-state index in [0.717, 1.165) is 0 Å². The maximum absolute atomic E-state index is 11.5. The van der Waals surface area contributed by atoms with Crippen LogP contribution >= 0.6 is 0 Å². The van der Waals surface area contributed by atoms with Crippen LogP contribution in [0, 0.1) is 0 Å². The number of benzene rings is 1. The number of aliphatic carboxylic acids is 1. The largest absolute Gasteiger partial charge is 0.480 e. The van der Waals surface area contributed by atoms with E-state index in [9.17, 15) is 19.5 Å². The average Bonchev–Trinajstić information content (AvgIpc) is 2.48. The van der Waals surface area contributed by atoms with Crippen LogP contribution < -0.4 is 15.4 Å². The minimum atomic E-state index is -1.11. The molecule has 0 aliphatic rings. The lowest BCUT2D eigenvalue weighted by Crippen LogP contribution is -2.45. The third-order valence-corrected chi connectivity index (χ3v) is 2.90. The molecule has 0 fully saturated rings. The SMILES string of the molecule is CNCC(=O)N[C@@H](Cc1ccc(OC(=O)N(C)C)cc1)C(=O)O. The average molecular weight is 323 g/mol. The molecule has 0 aliphatic heterocycles. The quantitative estimate of drug-likeness (QED) is 0.656. The first-order valence-corrected chi connectivity index (χ1v) is 6.98. The summed E-state index contributed by atoms with van der Waals surface area (Å²) in [6.45, 7) is 0.0448. The molecule has 0 saturated heterocycles. The summed E-state index contributed by atoms with van der Waals surface area (Å²) in [5.74, 6) is -1.15. The van der Waals surface area contributed by atoms with Crippen molar-refractivity contribution < 1.29 is 24.2 Å². The van der Waals surface area contributed by atoms with Crippen LogP contribution in [0.25, 0.3) is 0 Å². The number of nitrogens with zero attached hydrogens (tertiary/aromatic N) is 1. The molecule has 1 aromatic rings. The molecular formula is C15H21N3O5. The number of ether oxygens (including phenoxy) is 1. The molecule has 2 amide bonds. The molecule has 0 aromatic heterocycles. The fourth-order valence-corrected chi connectivity index (χ4v) is 1.73. The summed E-state index contributed by atoms with van der Waals surface area (Å²) in [6, 6.07) is 5.43. The van der Waals surface area contributed by atoms with Crippen molar-refractivity contribution in [3.8, 4) is 5.75 Å². The van der Waals surface area contributed by atoms with E-state index >= 15 is 0 Å². The topological polar surface area (TPSA) is 108 Å². The fourth-order valence-electron chi connectivity index (χ4n) is 1.73. The second-order valence-electron chi connectivity index (χ2n) is 5.10. The molecule has 8 heteroatoms. The van der Waals surface area contributed by atoms with E-state index in [1.807, 2.05) is 0 Å². The smallest absolute Gasteiger partial charge is 0.414 e. The molecule has 0 bridgehead atoms. The van der Waals surface area contributed by atoms with E-state index in [1.165, 1.54) is 4.90 Å². The Kier molecular flexibility index (Phi) is 7.01. The van der Waals surface area contributed by atoms with Gasteiger partial charge in [-0.15, -0.1) is 0 Å². The van der Waals surface area contributed by atoms with Crippen LogP contribution in [0.4, 0.5) is 4.79 Å². The maximum Gasteiger partial charge on any atom is 0.414 e. The lowest BCUT2D eigenvalue weighted by atomic mass is 10.1. The fraction of sp³-hybridized carbons (Fsp3) is 0.400. The summed E-state index contributed by atoms with van der Waals surface area (Å²) in [4.78, 5) is 35.4. The first-order valence-electron chi connectivity index (χ1n) is 6.98. The van der Waals surface area contributed by atoms with Gasteiger partial charge in [0.25, 0.3) is 0 Å². The Bertz CT molecular complexity index is 557. The van der Waals surface area contributed by atoms with Crippen LogP contribution in [-0.4, -0.2) is 61.7 Å². The van der Waals surface area contributed by atoms with Crippen LogP contribution in [0.2, 0.25) is 0 Å². The second kappa shape index (κ2) is 8.74. The highest BCUT2D eigenvalue weighted by atomic mass is 16.6. The highest BCUT2D eigenvalue weighted by Gasteiger charge is 2.20. The Morgan fingerprint density at radius 2 is 1.83 bits per heavy atom. The van der Waals surface area contributed by atoms with Crippen LogP contribution in [0.15, 0.2) is 24.3 Å². The zero-order valence-corrected chi connectivity index (χ0v) is 13.3. The number of nitrogens with one attached hydrogen (secondary N) is 2. The van der Waals surface area contributed by atoms with E-state index in [2.05, 4.69) is 10.6 Å². The lowest BCUT2D eigenvalue weighted by molar-refractivity contribution is -0.141. The van der Waals surface area contributed by atoms with Crippen LogP contribution in [0.1, 0.15) is 5.56 Å². The van der Waals surface area contributed by atoms with E-state index in [1.54, 1.807) is 45.4 Å². The monoisotopic (exact) mass is 323 g/mol. The van der Waals surface area contributed by atoms with E-state index in [0.29, 0.717) is 11.3 Å². The van der Waals surface area contributed by atoms with Gasteiger partial charge < -0.3 is 25.4 Å². The summed E-state index contributed by atoms with van der Waals surface area (Å²) in [5, 5.41) is 14.3. The van der Waals surface area contributed by atoms with Crippen molar-refractivity contribution in [1.29, 1.82) is 0 Å². The molecule has 3 N–H and O–H groups in total. The standard InChI is InChI=1S/C15H21N3O5/c1-16-9-13(19)17-12(14(20)21)8-10-4-6-11(7-5-10)23-15(22)18(2)3/h4-7,12,16H,8-9H2,1-3H3,(H,17,19)(H,20,21)/t12-/m0/s1. The van der Waals surface area contributed by atoms with E-state index < -0.39 is 24.0 Å². The van der Waals surface area contributed by atoms with Crippen LogP contribution in [0.3, 0.4) is 0 Å². The molecule has 0 heterocycles. The van der Waals surface area contributed by atoms with Gasteiger partial charge in [-0.2, -0.15) is 0 Å². The predicted molar refractivity (Wildman–Crippen MR) is 83.4 cm³/mol. The van der Waals surface area contributed by atoms with Gasteiger partial charge in [0, 0.05) is 20.5 Å². The molecule has 1 aromatic carbocycles. The van der Waals surface area contributed by atoms with Gasteiger partial charge in [-0.3, -0.25) is 4.79 Å².